The van der Waals surface area contributed by atoms with Crippen LogP contribution in [-0.4, -0.2) is 28.0 Å². The Hall–Kier alpha value is -1.94. The predicted molar refractivity (Wildman–Crippen MR) is 94.2 cm³/mol. The Labute approximate surface area is 143 Å². The molecule has 4 nitrogen and oxygen atoms in total. The lowest BCUT2D eigenvalue weighted by molar-refractivity contribution is 0.240. The number of benzene rings is 1. The van der Waals surface area contributed by atoms with Crippen LogP contribution in [0.25, 0.3) is 0 Å². The number of hydrogen-bond acceptors (Lipinski definition) is 4. The van der Waals surface area contributed by atoms with E-state index in [4.69, 9.17) is 9.72 Å². The molecule has 0 bridgehead atoms. The first-order chi connectivity index (χ1) is 11.5. The second kappa shape index (κ2) is 5.85. The zero-order chi connectivity index (χ0) is 16.7. The van der Waals surface area contributed by atoms with Crippen molar-refractivity contribution in [2.75, 3.05) is 13.2 Å². The summed E-state index contributed by atoms with van der Waals surface area (Å²) in [6.07, 6.45) is 4.11. The molecule has 2 aliphatic heterocycles. The smallest absolute Gasteiger partial charge is 0.133 e. The molecule has 2 aromatic rings. The van der Waals surface area contributed by atoms with Gasteiger partial charge < -0.3 is 4.74 Å². The maximum Gasteiger partial charge on any atom is 0.133 e. The minimum atomic E-state index is -0.00269. The maximum absolute atomic E-state index is 5.60. The quantitative estimate of drug-likeness (QED) is 0.850. The summed E-state index contributed by atoms with van der Waals surface area (Å²) in [6.45, 7) is 10.3. The van der Waals surface area contributed by atoms with E-state index in [1.165, 1.54) is 22.4 Å². The highest BCUT2D eigenvalue weighted by Crippen LogP contribution is 2.27. The fourth-order valence-electron chi connectivity index (χ4n) is 3.45. The van der Waals surface area contributed by atoms with Gasteiger partial charge in [0, 0.05) is 37.7 Å². The van der Waals surface area contributed by atoms with Crippen LogP contribution in [0.3, 0.4) is 0 Å². The van der Waals surface area contributed by atoms with E-state index in [0.29, 0.717) is 0 Å². The molecule has 4 rings (SSSR count). The first-order valence-electron chi connectivity index (χ1n) is 8.81. The minimum absolute atomic E-state index is 0.00269. The summed E-state index contributed by atoms with van der Waals surface area (Å²) >= 11 is 0. The molecule has 3 heterocycles. The molecule has 0 saturated carbocycles. The molecule has 0 aliphatic carbocycles. The van der Waals surface area contributed by atoms with Crippen molar-refractivity contribution in [3.05, 3.63) is 52.6 Å². The Balaban J connectivity index is 1.51. The summed E-state index contributed by atoms with van der Waals surface area (Å²) in [5.74, 6) is 2.00. The number of rotatable bonds is 2. The molecular formula is C20H25N3O. The molecule has 2 aliphatic rings. The van der Waals surface area contributed by atoms with Crippen molar-refractivity contribution in [1.82, 2.24) is 14.9 Å². The van der Waals surface area contributed by atoms with E-state index in [0.717, 1.165) is 50.7 Å². The molecule has 0 saturated heterocycles. The number of aromatic nitrogens is 2. The monoisotopic (exact) mass is 323 g/mol. The van der Waals surface area contributed by atoms with Gasteiger partial charge in [-0.05, 0) is 29.2 Å². The molecule has 126 valence electrons. The van der Waals surface area contributed by atoms with Crippen LogP contribution >= 0.6 is 0 Å². The number of nitrogens with zero attached hydrogens (tertiary/aromatic N) is 3. The predicted octanol–water partition coefficient (Wildman–Crippen LogP) is 3.27. The SMILES string of the molecule is CC(C)(C)c1ncc2c(n1)CN(Cc1ccc3c(c1)CCO3)CC2. The summed E-state index contributed by atoms with van der Waals surface area (Å²) in [5, 5.41) is 0. The highest BCUT2D eigenvalue weighted by atomic mass is 16.5. The van der Waals surface area contributed by atoms with Gasteiger partial charge in [0.2, 0.25) is 0 Å². The standard InChI is InChI=1S/C20H25N3O/c1-20(2,3)19-21-11-16-6-8-23(13-17(16)22-19)12-14-4-5-18-15(10-14)7-9-24-18/h4-5,10-11H,6-9,12-13H2,1-3H3. The van der Waals surface area contributed by atoms with Crippen LogP contribution < -0.4 is 4.74 Å². The van der Waals surface area contributed by atoms with E-state index in [1.807, 2.05) is 6.20 Å². The molecule has 0 radical (unpaired) electrons. The zero-order valence-electron chi connectivity index (χ0n) is 14.8. The largest absolute Gasteiger partial charge is 0.493 e. The zero-order valence-corrected chi connectivity index (χ0v) is 14.8. The third-order valence-corrected chi connectivity index (χ3v) is 4.86. The first-order valence-corrected chi connectivity index (χ1v) is 8.81. The summed E-state index contributed by atoms with van der Waals surface area (Å²) in [5.41, 5.74) is 5.22. The van der Waals surface area contributed by atoms with Crippen LogP contribution in [-0.2, 0) is 31.3 Å². The van der Waals surface area contributed by atoms with Crippen molar-refractivity contribution < 1.29 is 4.74 Å². The minimum Gasteiger partial charge on any atom is -0.493 e. The Morgan fingerprint density at radius 2 is 2.04 bits per heavy atom. The first kappa shape index (κ1) is 15.6. The number of fused-ring (bicyclic) bond motifs is 2. The average Bonchev–Trinajstić information content (AvgIpc) is 3.01. The van der Waals surface area contributed by atoms with Crippen LogP contribution in [0.5, 0.6) is 5.75 Å². The Morgan fingerprint density at radius 1 is 1.17 bits per heavy atom. The van der Waals surface area contributed by atoms with E-state index >= 15 is 0 Å². The number of hydrogen-bond donors (Lipinski definition) is 0. The highest BCUT2D eigenvalue weighted by molar-refractivity contribution is 5.39. The van der Waals surface area contributed by atoms with Gasteiger partial charge in [0.25, 0.3) is 0 Å². The molecule has 24 heavy (non-hydrogen) atoms. The van der Waals surface area contributed by atoms with Gasteiger partial charge in [0.05, 0.1) is 12.3 Å². The van der Waals surface area contributed by atoms with E-state index in [9.17, 15) is 0 Å². The average molecular weight is 323 g/mol. The van der Waals surface area contributed by atoms with Crippen molar-refractivity contribution in [3.63, 3.8) is 0 Å². The molecule has 0 atom stereocenters. The molecule has 0 amide bonds. The van der Waals surface area contributed by atoms with Gasteiger partial charge in [-0.15, -0.1) is 0 Å². The van der Waals surface area contributed by atoms with E-state index in [2.05, 4.69) is 48.9 Å². The van der Waals surface area contributed by atoms with Gasteiger partial charge >= 0.3 is 0 Å². The van der Waals surface area contributed by atoms with Crippen LogP contribution in [0.2, 0.25) is 0 Å². The Morgan fingerprint density at radius 3 is 2.88 bits per heavy atom. The molecule has 0 fully saturated rings. The summed E-state index contributed by atoms with van der Waals surface area (Å²) in [6, 6.07) is 6.62. The van der Waals surface area contributed by atoms with Gasteiger partial charge in [-0.2, -0.15) is 0 Å². The summed E-state index contributed by atoms with van der Waals surface area (Å²) < 4.78 is 5.60. The lowest BCUT2D eigenvalue weighted by Crippen LogP contribution is -2.32. The van der Waals surface area contributed by atoms with Gasteiger partial charge in [0.15, 0.2) is 0 Å². The van der Waals surface area contributed by atoms with Crippen molar-refractivity contribution in [2.45, 2.75) is 52.1 Å². The normalized spacial score (nSPS) is 17.3. The third kappa shape index (κ3) is 3.03. The van der Waals surface area contributed by atoms with Crippen molar-refractivity contribution in [3.8, 4) is 5.75 Å². The molecule has 0 unspecified atom stereocenters. The van der Waals surface area contributed by atoms with Crippen LogP contribution in [0.4, 0.5) is 0 Å². The molecule has 0 N–H and O–H groups in total. The molecule has 4 heteroatoms. The van der Waals surface area contributed by atoms with Crippen LogP contribution in [0.1, 0.15) is 49.0 Å². The lowest BCUT2D eigenvalue weighted by atomic mass is 9.95. The highest BCUT2D eigenvalue weighted by Gasteiger charge is 2.23. The topological polar surface area (TPSA) is 38.2 Å². The van der Waals surface area contributed by atoms with E-state index in [1.54, 1.807) is 0 Å². The van der Waals surface area contributed by atoms with Crippen LogP contribution in [0, 0.1) is 0 Å². The van der Waals surface area contributed by atoms with Gasteiger partial charge in [-0.1, -0.05) is 32.9 Å². The molecule has 0 spiro atoms. The summed E-state index contributed by atoms with van der Waals surface area (Å²) in [7, 11) is 0. The van der Waals surface area contributed by atoms with E-state index in [-0.39, 0.29) is 5.41 Å². The number of ether oxygens (including phenoxy) is 1. The second-order valence-electron chi connectivity index (χ2n) is 7.92. The van der Waals surface area contributed by atoms with Gasteiger partial charge in [-0.3, -0.25) is 4.90 Å². The molecular weight excluding hydrogens is 298 g/mol. The van der Waals surface area contributed by atoms with Crippen molar-refractivity contribution in [2.24, 2.45) is 0 Å². The fraction of sp³-hybridized carbons (Fsp3) is 0.500. The van der Waals surface area contributed by atoms with Gasteiger partial charge in [-0.25, -0.2) is 9.97 Å². The second-order valence-corrected chi connectivity index (χ2v) is 7.92. The van der Waals surface area contributed by atoms with E-state index < -0.39 is 0 Å². The Bertz CT molecular complexity index is 764. The molecule has 1 aromatic carbocycles. The van der Waals surface area contributed by atoms with Gasteiger partial charge in [0.1, 0.15) is 11.6 Å². The Kier molecular flexibility index (Phi) is 3.80. The third-order valence-electron chi connectivity index (χ3n) is 4.86. The fourth-order valence-corrected chi connectivity index (χ4v) is 3.45. The molecule has 1 aromatic heterocycles. The lowest BCUT2D eigenvalue weighted by Gasteiger charge is -2.29. The van der Waals surface area contributed by atoms with Crippen LogP contribution in [0.15, 0.2) is 24.4 Å². The maximum atomic E-state index is 5.60. The summed E-state index contributed by atoms with van der Waals surface area (Å²) in [4.78, 5) is 11.9. The van der Waals surface area contributed by atoms with Crippen molar-refractivity contribution in [1.29, 1.82) is 0 Å². The van der Waals surface area contributed by atoms with Crippen molar-refractivity contribution >= 4 is 0 Å².